The number of fused-ring (bicyclic) bond motifs is 1. The summed E-state index contributed by atoms with van der Waals surface area (Å²) in [4.78, 5) is 10.9. The van der Waals surface area contributed by atoms with E-state index in [1.807, 2.05) is 23.0 Å². The maximum Gasteiger partial charge on any atom is 0.211 e. The summed E-state index contributed by atoms with van der Waals surface area (Å²) in [6.45, 7) is 2.96. The van der Waals surface area contributed by atoms with E-state index in [1.165, 1.54) is 12.8 Å². The topological polar surface area (TPSA) is 76.4 Å². The van der Waals surface area contributed by atoms with Crippen molar-refractivity contribution in [2.45, 2.75) is 45.1 Å². The molecule has 1 heterocycles. The van der Waals surface area contributed by atoms with Crippen LogP contribution in [-0.2, 0) is 4.79 Å². The highest BCUT2D eigenvalue weighted by Crippen LogP contribution is 2.34. The molecule has 0 bridgehead atoms. The molecule has 1 fully saturated rings. The highest BCUT2D eigenvalue weighted by Gasteiger charge is 2.23. The van der Waals surface area contributed by atoms with Gasteiger partial charge in [-0.3, -0.25) is 9.48 Å². The SMILES string of the molecule is CCC[C@H](CCO)n1cc2cc(NC=O)c(OCC3CC3)cc2n1. The van der Waals surface area contributed by atoms with E-state index in [1.54, 1.807) is 0 Å². The second-order valence-corrected chi connectivity index (χ2v) is 6.49. The zero-order valence-corrected chi connectivity index (χ0v) is 14.1. The van der Waals surface area contributed by atoms with Gasteiger partial charge in [0.2, 0.25) is 6.41 Å². The van der Waals surface area contributed by atoms with E-state index in [0.717, 1.165) is 23.7 Å². The third kappa shape index (κ3) is 3.87. The molecule has 2 aromatic rings. The van der Waals surface area contributed by atoms with Crippen molar-refractivity contribution in [1.29, 1.82) is 0 Å². The minimum atomic E-state index is 0.147. The van der Waals surface area contributed by atoms with Crippen LogP contribution in [0.3, 0.4) is 0 Å². The summed E-state index contributed by atoms with van der Waals surface area (Å²) in [5.74, 6) is 1.31. The van der Waals surface area contributed by atoms with Gasteiger partial charge >= 0.3 is 0 Å². The Morgan fingerprint density at radius 2 is 2.29 bits per heavy atom. The average Bonchev–Trinajstić information content (AvgIpc) is 3.31. The van der Waals surface area contributed by atoms with Crippen molar-refractivity contribution in [3.63, 3.8) is 0 Å². The number of nitrogens with one attached hydrogen (secondary N) is 1. The first kappa shape index (κ1) is 16.8. The molecule has 2 N–H and O–H groups in total. The molecular weight excluding hydrogens is 306 g/mol. The Labute approximate surface area is 141 Å². The fourth-order valence-corrected chi connectivity index (χ4v) is 2.94. The number of nitrogens with zero attached hydrogens (tertiary/aromatic N) is 2. The monoisotopic (exact) mass is 331 g/mol. The van der Waals surface area contributed by atoms with Gasteiger partial charge in [-0.1, -0.05) is 13.3 Å². The smallest absolute Gasteiger partial charge is 0.211 e. The zero-order valence-electron chi connectivity index (χ0n) is 14.1. The van der Waals surface area contributed by atoms with Crippen LogP contribution in [0.1, 0.15) is 45.1 Å². The standard InChI is InChI=1S/C18H25N3O3/c1-2-3-15(6-7-22)21-10-14-8-17(19-12-23)18(9-16(14)20-21)24-11-13-4-5-13/h8-10,12-13,15,22H,2-7,11H2,1H3,(H,19,23)/t15-/m1/s1. The Hall–Kier alpha value is -2.08. The minimum Gasteiger partial charge on any atom is -0.491 e. The molecule has 1 saturated carbocycles. The largest absolute Gasteiger partial charge is 0.491 e. The van der Waals surface area contributed by atoms with Crippen molar-refractivity contribution in [2.75, 3.05) is 18.5 Å². The van der Waals surface area contributed by atoms with Gasteiger partial charge in [0.05, 0.1) is 23.9 Å². The second kappa shape index (κ2) is 7.66. The summed E-state index contributed by atoms with van der Waals surface area (Å²) in [7, 11) is 0. The molecule has 1 aromatic heterocycles. The molecular formula is C18H25N3O3. The van der Waals surface area contributed by atoms with Gasteiger partial charge in [0, 0.05) is 24.3 Å². The van der Waals surface area contributed by atoms with Crippen molar-refractivity contribution in [3.8, 4) is 5.75 Å². The summed E-state index contributed by atoms with van der Waals surface area (Å²) in [5, 5.41) is 17.6. The molecule has 1 aliphatic rings. The number of aromatic nitrogens is 2. The number of aliphatic hydroxyl groups excluding tert-OH is 1. The first-order valence-electron chi connectivity index (χ1n) is 8.72. The lowest BCUT2D eigenvalue weighted by atomic mass is 10.1. The normalized spacial score (nSPS) is 15.4. The van der Waals surface area contributed by atoms with Gasteiger partial charge < -0.3 is 15.2 Å². The first-order chi connectivity index (χ1) is 11.7. The van der Waals surface area contributed by atoms with Crippen molar-refractivity contribution in [3.05, 3.63) is 18.3 Å². The lowest BCUT2D eigenvalue weighted by Gasteiger charge is -2.14. The molecule has 6 nitrogen and oxygen atoms in total. The number of anilines is 1. The van der Waals surface area contributed by atoms with Gasteiger partial charge in [-0.25, -0.2) is 0 Å². The predicted octanol–water partition coefficient (Wildman–Crippen LogP) is 3.12. The third-order valence-corrected chi connectivity index (χ3v) is 4.47. The van der Waals surface area contributed by atoms with Crippen molar-refractivity contribution in [2.24, 2.45) is 5.92 Å². The fraction of sp³-hybridized carbons (Fsp3) is 0.556. The number of ether oxygens (including phenoxy) is 1. The van der Waals surface area contributed by atoms with Crippen LogP contribution in [-0.4, -0.2) is 34.5 Å². The van der Waals surface area contributed by atoms with Gasteiger partial charge in [-0.2, -0.15) is 5.10 Å². The molecule has 130 valence electrons. The Morgan fingerprint density at radius 1 is 1.46 bits per heavy atom. The quantitative estimate of drug-likeness (QED) is 0.656. The van der Waals surface area contributed by atoms with Crippen LogP contribution < -0.4 is 10.1 Å². The molecule has 1 aromatic carbocycles. The van der Waals surface area contributed by atoms with E-state index in [4.69, 9.17) is 4.74 Å². The van der Waals surface area contributed by atoms with Crippen molar-refractivity contribution in [1.82, 2.24) is 9.78 Å². The Balaban J connectivity index is 1.89. The molecule has 0 aliphatic heterocycles. The van der Waals surface area contributed by atoms with Crippen LogP contribution in [0.25, 0.3) is 10.9 Å². The molecule has 0 unspecified atom stereocenters. The van der Waals surface area contributed by atoms with Crippen LogP contribution in [0.15, 0.2) is 18.3 Å². The van der Waals surface area contributed by atoms with Crippen molar-refractivity contribution < 1.29 is 14.6 Å². The number of aliphatic hydroxyl groups is 1. The van der Waals surface area contributed by atoms with Crippen LogP contribution in [0.2, 0.25) is 0 Å². The first-order valence-corrected chi connectivity index (χ1v) is 8.72. The Kier molecular flexibility index (Phi) is 5.35. The van der Waals surface area contributed by atoms with E-state index in [9.17, 15) is 9.90 Å². The molecule has 0 spiro atoms. The Morgan fingerprint density at radius 3 is 2.96 bits per heavy atom. The number of amides is 1. The molecule has 24 heavy (non-hydrogen) atoms. The third-order valence-electron chi connectivity index (χ3n) is 4.47. The summed E-state index contributed by atoms with van der Waals surface area (Å²) < 4.78 is 7.81. The Bertz CT molecular complexity index is 688. The van der Waals surface area contributed by atoms with Crippen LogP contribution >= 0.6 is 0 Å². The van der Waals surface area contributed by atoms with E-state index in [2.05, 4.69) is 17.3 Å². The molecule has 0 saturated heterocycles. The van der Waals surface area contributed by atoms with Gasteiger partial charge in [-0.15, -0.1) is 0 Å². The van der Waals surface area contributed by atoms with E-state index < -0.39 is 0 Å². The minimum absolute atomic E-state index is 0.147. The molecule has 1 atom stereocenters. The maximum absolute atomic E-state index is 10.9. The highest BCUT2D eigenvalue weighted by atomic mass is 16.5. The van der Waals surface area contributed by atoms with E-state index in [-0.39, 0.29) is 12.6 Å². The number of benzene rings is 1. The number of rotatable bonds is 10. The molecule has 0 radical (unpaired) electrons. The zero-order chi connectivity index (χ0) is 16.9. The van der Waals surface area contributed by atoms with Crippen LogP contribution in [0, 0.1) is 5.92 Å². The summed E-state index contributed by atoms with van der Waals surface area (Å²) in [6, 6.07) is 3.98. The molecule has 6 heteroatoms. The van der Waals surface area contributed by atoms with Gasteiger partial charge in [0.15, 0.2) is 0 Å². The van der Waals surface area contributed by atoms with E-state index in [0.29, 0.717) is 36.8 Å². The molecule has 3 rings (SSSR count). The molecule has 1 aliphatic carbocycles. The summed E-state index contributed by atoms with van der Waals surface area (Å²) in [6.07, 6.45) is 7.77. The molecule has 1 amide bonds. The maximum atomic E-state index is 10.9. The van der Waals surface area contributed by atoms with Crippen LogP contribution in [0.4, 0.5) is 5.69 Å². The van der Waals surface area contributed by atoms with Gasteiger partial charge in [-0.05, 0) is 37.7 Å². The van der Waals surface area contributed by atoms with Crippen molar-refractivity contribution >= 4 is 23.0 Å². The number of carbonyl (C=O) groups excluding carboxylic acids is 1. The number of hydrogen-bond donors (Lipinski definition) is 2. The lowest BCUT2D eigenvalue weighted by Crippen LogP contribution is -2.11. The second-order valence-electron chi connectivity index (χ2n) is 6.49. The lowest BCUT2D eigenvalue weighted by molar-refractivity contribution is -0.105. The highest BCUT2D eigenvalue weighted by molar-refractivity contribution is 5.88. The van der Waals surface area contributed by atoms with E-state index >= 15 is 0 Å². The summed E-state index contributed by atoms with van der Waals surface area (Å²) >= 11 is 0. The predicted molar refractivity (Wildman–Crippen MR) is 93.3 cm³/mol. The number of hydrogen-bond acceptors (Lipinski definition) is 4. The van der Waals surface area contributed by atoms with Gasteiger partial charge in [0.25, 0.3) is 0 Å². The van der Waals surface area contributed by atoms with Crippen LogP contribution in [0.5, 0.6) is 5.75 Å². The summed E-state index contributed by atoms with van der Waals surface area (Å²) in [5.41, 5.74) is 1.52. The number of carbonyl (C=O) groups is 1. The van der Waals surface area contributed by atoms with Gasteiger partial charge in [0.1, 0.15) is 5.75 Å². The average molecular weight is 331 g/mol. The fourth-order valence-electron chi connectivity index (χ4n) is 2.94.